The van der Waals surface area contributed by atoms with Gasteiger partial charge >= 0.3 is 0 Å². The van der Waals surface area contributed by atoms with Gasteiger partial charge in [-0.1, -0.05) is 0 Å². The van der Waals surface area contributed by atoms with Crippen molar-refractivity contribution in [1.29, 1.82) is 0 Å². The summed E-state index contributed by atoms with van der Waals surface area (Å²) in [7, 11) is 2.85. The molecule has 3 heterocycles. The van der Waals surface area contributed by atoms with Crippen LogP contribution in [0.15, 0.2) is 0 Å². The van der Waals surface area contributed by atoms with Gasteiger partial charge < -0.3 is 79.1 Å². The molecule has 3 rings (SSSR count). The molecule has 6 unspecified atom stereocenters. The largest absolute Gasteiger partial charge is 0.394 e. The highest BCUT2D eigenvalue weighted by atomic mass is 16.6. The van der Waals surface area contributed by atoms with Crippen LogP contribution in [0.2, 0.25) is 0 Å². The lowest BCUT2D eigenvalue weighted by Crippen LogP contribution is -2.69. The topological polar surface area (TPSA) is 247 Å². The first-order chi connectivity index (χ1) is 20.8. The molecule has 3 fully saturated rings. The molecule has 3 saturated heterocycles. The highest BCUT2D eigenvalue weighted by Gasteiger charge is 2.57. The van der Waals surface area contributed by atoms with Gasteiger partial charge in [0.2, 0.25) is 0 Å². The number of ether oxygens (including phenoxy) is 7. The van der Waals surface area contributed by atoms with Crippen molar-refractivity contribution in [3.8, 4) is 0 Å². The molecular weight excluding hydrogens is 592 g/mol. The number of hydrogen-bond donors (Lipinski definition) is 9. The fourth-order valence-electron chi connectivity index (χ4n) is 6.31. The highest BCUT2D eigenvalue weighted by molar-refractivity contribution is 5.05. The highest BCUT2D eigenvalue weighted by Crippen LogP contribution is 2.40. The lowest BCUT2D eigenvalue weighted by molar-refractivity contribution is -0.303. The van der Waals surface area contributed by atoms with Crippen LogP contribution in [0.5, 0.6) is 0 Å². The van der Waals surface area contributed by atoms with Crippen molar-refractivity contribution in [2.24, 2.45) is 17.8 Å². The van der Waals surface area contributed by atoms with Crippen molar-refractivity contribution in [1.82, 2.24) is 0 Å². The molecule has 15 atom stereocenters. The summed E-state index contributed by atoms with van der Waals surface area (Å²) in [6, 6.07) is 0. The van der Waals surface area contributed by atoms with Crippen LogP contribution in [0.3, 0.4) is 0 Å². The molecule has 0 aliphatic carbocycles. The summed E-state index contributed by atoms with van der Waals surface area (Å²) in [5, 5.41) is 94.3. The maximum atomic E-state index is 11.0. The van der Waals surface area contributed by atoms with Gasteiger partial charge in [0, 0.05) is 32.0 Å². The van der Waals surface area contributed by atoms with Crippen molar-refractivity contribution in [3.05, 3.63) is 0 Å². The Balaban J connectivity index is 1.55. The van der Waals surface area contributed by atoms with Crippen LogP contribution in [-0.4, -0.2) is 192 Å². The standard InChI is InChI=1S/C28H52O16/c1-27(13-31)16(26(36)28(2,37)21(44-27)12-39-4)9-41-11-20-25(35)23(33)15(18(6-30)43-20)8-40-10-19-24(34)22(32)14(7-38-3)17(5-29)42-19/h14-26,29-37H,5-13H2,1-4H3/t14-,15-,16+,17?,18+,19+,20+,21+,22-,23?,24?,25?,26-,27?,28?/m1/s1. The van der Waals surface area contributed by atoms with E-state index in [-0.39, 0.29) is 39.6 Å². The van der Waals surface area contributed by atoms with Gasteiger partial charge in [0.05, 0.1) is 95.6 Å². The number of hydrogen-bond acceptors (Lipinski definition) is 16. The molecule has 16 heteroatoms. The summed E-state index contributed by atoms with van der Waals surface area (Å²) in [5.41, 5.74) is -3.01. The Morgan fingerprint density at radius 2 is 1.09 bits per heavy atom. The van der Waals surface area contributed by atoms with E-state index >= 15 is 0 Å². The minimum Gasteiger partial charge on any atom is -0.394 e. The van der Waals surface area contributed by atoms with E-state index < -0.39 is 110 Å². The number of aliphatic hydroxyl groups is 9. The molecule has 3 aliphatic rings. The smallest absolute Gasteiger partial charge is 0.116 e. The third kappa shape index (κ3) is 8.07. The summed E-state index contributed by atoms with van der Waals surface area (Å²) in [5.74, 6) is -2.42. The van der Waals surface area contributed by atoms with Gasteiger partial charge in [0.1, 0.15) is 36.1 Å². The number of rotatable bonds is 15. The van der Waals surface area contributed by atoms with E-state index in [0.717, 1.165) is 0 Å². The van der Waals surface area contributed by atoms with E-state index in [1.54, 1.807) is 6.92 Å². The zero-order valence-corrected chi connectivity index (χ0v) is 25.8. The van der Waals surface area contributed by atoms with Crippen LogP contribution in [0.4, 0.5) is 0 Å². The maximum absolute atomic E-state index is 11.0. The molecule has 0 radical (unpaired) electrons. The Hall–Kier alpha value is -0.640. The molecule has 0 saturated carbocycles. The first kappa shape index (κ1) is 37.8. The van der Waals surface area contributed by atoms with Crippen molar-refractivity contribution < 1.29 is 79.1 Å². The summed E-state index contributed by atoms with van der Waals surface area (Å²) in [6.45, 7) is 0.703. The third-order valence-corrected chi connectivity index (χ3v) is 9.34. The molecule has 0 aromatic carbocycles. The van der Waals surface area contributed by atoms with Crippen molar-refractivity contribution >= 4 is 0 Å². The van der Waals surface area contributed by atoms with Gasteiger partial charge in [0.15, 0.2) is 0 Å². The van der Waals surface area contributed by atoms with E-state index in [0.29, 0.717) is 0 Å². The van der Waals surface area contributed by atoms with Crippen molar-refractivity contribution in [2.75, 3.05) is 73.7 Å². The molecule has 9 N–H and O–H groups in total. The quantitative estimate of drug-likeness (QED) is 0.0814. The summed E-state index contributed by atoms with van der Waals surface area (Å²) in [6.07, 6.45) is -11.6. The molecule has 16 nitrogen and oxygen atoms in total. The number of methoxy groups -OCH3 is 2. The SMILES string of the molecule is COC[C@@H]1C(CO)O[C@@H](COC[C@H]2C(O)C(O)[C@H](COC[C@H]3[C@@H](O)C(C)(O)[C@H](COC)OC3(C)CO)O[C@H]2CO)C(O)[C@@H]1O. The Morgan fingerprint density at radius 1 is 0.614 bits per heavy atom. The second kappa shape index (κ2) is 16.5. The molecule has 3 aliphatic heterocycles. The second-order valence-corrected chi connectivity index (χ2v) is 12.4. The molecule has 0 spiro atoms. The predicted octanol–water partition coefficient (Wildman–Crippen LogP) is -4.61. The van der Waals surface area contributed by atoms with Gasteiger partial charge in [-0.15, -0.1) is 0 Å². The van der Waals surface area contributed by atoms with Crippen LogP contribution in [0.1, 0.15) is 13.8 Å². The summed E-state index contributed by atoms with van der Waals surface area (Å²) >= 11 is 0. The average molecular weight is 645 g/mol. The summed E-state index contributed by atoms with van der Waals surface area (Å²) < 4.78 is 39.0. The number of aliphatic hydroxyl groups excluding tert-OH is 8. The van der Waals surface area contributed by atoms with E-state index in [1.165, 1.54) is 21.1 Å². The average Bonchev–Trinajstić information content (AvgIpc) is 3.00. The first-order valence-corrected chi connectivity index (χ1v) is 14.9. The Bertz CT molecular complexity index is 846. The van der Waals surface area contributed by atoms with Crippen LogP contribution in [0.25, 0.3) is 0 Å². The second-order valence-electron chi connectivity index (χ2n) is 12.4. The third-order valence-electron chi connectivity index (χ3n) is 9.34. The molecule has 44 heavy (non-hydrogen) atoms. The fourth-order valence-corrected chi connectivity index (χ4v) is 6.31. The Labute approximate surface area is 257 Å². The van der Waals surface area contributed by atoms with E-state index in [4.69, 9.17) is 33.2 Å². The molecule has 0 aromatic rings. The normalized spacial score (nSPS) is 46.7. The van der Waals surface area contributed by atoms with Crippen LogP contribution in [0, 0.1) is 17.8 Å². The van der Waals surface area contributed by atoms with Crippen LogP contribution >= 0.6 is 0 Å². The van der Waals surface area contributed by atoms with E-state index in [2.05, 4.69) is 0 Å². The van der Waals surface area contributed by atoms with Crippen LogP contribution in [-0.2, 0) is 33.2 Å². The van der Waals surface area contributed by atoms with Gasteiger partial charge in [0.25, 0.3) is 0 Å². The lowest BCUT2D eigenvalue weighted by Gasteiger charge is -2.53. The van der Waals surface area contributed by atoms with Crippen LogP contribution < -0.4 is 0 Å². The van der Waals surface area contributed by atoms with Crippen molar-refractivity contribution in [3.63, 3.8) is 0 Å². The fraction of sp³-hybridized carbons (Fsp3) is 1.00. The van der Waals surface area contributed by atoms with E-state index in [9.17, 15) is 46.0 Å². The molecule has 0 bridgehead atoms. The first-order valence-electron chi connectivity index (χ1n) is 14.9. The molecular formula is C28H52O16. The van der Waals surface area contributed by atoms with Gasteiger partial charge in [-0.2, -0.15) is 0 Å². The predicted molar refractivity (Wildman–Crippen MR) is 148 cm³/mol. The van der Waals surface area contributed by atoms with Gasteiger partial charge in [-0.05, 0) is 13.8 Å². The lowest BCUT2D eigenvalue weighted by atomic mass is 9.73. The molecule has 0 amide bonds. The van der Waals surface area contributed by atoms with Gasteiger partial charge in [-0.3, -0.25) is 0 Å². The van der Waals surface area contributed by atoms with Crippen molar-refractivity contribution in [2.45, 2.75) is 86.1 Å². The Morgan fingerprint density at radius 3 is 1.55 bits per heavy atom. The van der Waals surface area contributed by atoms with E-state index in [1.807, 2.05) is 0 Å². The zero-order chi connectivity index (χ0) is 32.8. The monoisotopic (exact) mass is 644 g/mol. The molecule has 0 aromatic heterocycles. The minimum atomic E-state index is -1.72. The summed E-state index contributed by atoms with van der Waals surface area (Å²) in [4.78, 5) is 0. The molecule has 260 valence electrons. The zero-order valence-electron chi connectivity index (χ0n) is 25.8. The minimum absolute atomic E-state index is 0.0190. The maximum Gasteiger partial charge on any atom is 0.116 e. The Kier molecular flexibility index (Phi) is 14.1. The van der Waals surface area contributed by atoms with Gasteiger partial charge in [-0.25, -0.2) is 0 Å².